The largest absolute Gasteiger partial charge is 0.244 e. The first-order chi connectivity index (χ1) is 9.56. The molecule has 3 rings (SSSR count). The van der Waals surface area contributed by atoms with Gasteiger partial charge in [0.2, 0.25) is 0 Å². The lowest BCUT2D eigenvalue weighted by Crippen LogP contribution is -2.46. The second-order valence-electron chi connectivity index (χ2n) is 8.12. The molecule has 2 heteroatoms. The Morgan fingerprint density at radius 3 is 1.95 bits per heavy atom. The monoisotopic (exact) mass is 284 g/mol. The van der Waals surface area contributed by atoms with Crippen molar-refractivity contribution in [3.63, 3.8) is 0 Å². The highest BCUT2D eigenvalue weighted by Gasteiger charge is 2.47. The van der Waals surface area contributed by atoms with E-state index in [1.54, 1.807) is 0 Å². The lowest BCUT2D eigenvalue weighted by Gasteiger charge is -2.47. The first-order valence-electron chi connectivity index (χ1n) is 8.84. The summed E-state index contributed by atoms with van der Waals surface area (Å²) in [7, 11) is 0. The van der Waals surface area contributed by atoms with Crippen LogP contribution >= 0.6 is 0 Å². The Balaban J connectivity index is 1.62. The van der Waals surface area contributed by atoms with E-state index in [2.05, 4.69) is 6.92 Å². The van der Waals surface area contributed by atoms with Gasteiger partial charge in [0.05, 0.1) is 0 Å². The highest BCUT2D eigenvalue weighted by atomic mass is 19.2. The summed E-state index contributed by atoms with van der Waals surface area (Å²) >= 11 is 0. The molecule has 0 aromatic rings. The van der Waals surface area contributed by atoms with E-state index in [4.69, 9.17) is 0 Å². The third-order valence-corrected chi connectivity index (χ3v) is 6.75. The molecule has 116 valence electrons. The fourth-order valence-electron chi connectivity index (χ4n) is 5.33. The average Bonchev–Trinajstić information content (AvgIpc) is 2.46. The van der Waals surface area contributed by atoms with Crippen molar-refractivity contribution in [2.75, 3.05) is 0 Å². The molecule has 3 saturated carbocycles. The average molecular weight is 284 g/mol. The van der Waals surface area contributed by atoms with Crippen LogP contribution in [-0.2, 0) is 0 Å². The highest BCUT2D eigenvalue weighted by Crippen LogP contribution is 2.50. The Morgan fingerprint density at radius 1 is 0.650 bits per heavy atom. The van der Waals surface area contributed by atoms with Crippen LogP contribution in [0.15, 0.2) is 0 Å². The summed E-state index contributed by atoms with van der Waals surface area (Å²) < 4.78 is 28.4. The van der Waals surface area contributed by atoms with Gasteiger partial charge in [0, 0.05) is 0 Å². The van der Waals surface area contributed by atoms with Crippen molar-refractivity contribution in [2.24, 2.45) is 35.5 Å². The van der Waals surface area contributed by atoms with Crippen LogP contribution < -0.4 is 0 Å². The molecule has 6 atom stereocenters. The van der Waals surface area contributed by atoms with Gasteiger partial charge >= 0.3 is 0 Å². The lowest BCUT2D eigenvalue weighted by atomic mass is 9.60. The van der Waals surface area contributed by atoms with Crippen LogP contribution in [0.3, 0.4) is 0 Å². The van der Waals surface area contributed by atoms with E-state index in [9.17, 15) is 8.78 Å². The molecule has 0 heterocycles. The molecule has 0 saturated heterocycles. The second-order valence-corrected chi connectivity index (χ2v) is 8.12. The molecule has 0 radical (unpaired) electrons. The van der Waals surface area contributed by atoms with Crippen LogP contribution in [0.25, 0.3) is 0 Å². The lowest BCUT2D eigenvalue weighted by molar-refractivity contribution is -0.0451. The van der Waals surface area contributed by atoms with Crippen molar-refractivity contribution < 1.29 is 8.78 Å². The molecule has 0 aliphatic heterocycles. The molecule has 6 unspecified atom stereocenters. The predicted octanol–water partition coefficient (Wildman–Crippen LogP) is 5.56. The quantitative estimate of drug-likeness (QED) is 0.591. The third-order valence-electron chi connectivity index (χ3n) is 6.75. The van der Waals surface area contributed by atoms with Crippen LogP contribution in [0, 0.1) is 35.5 Å². The molecular weight excluding hydrogens is 254 g/mol. The topological polar surface area (TPSA) is 0 Å². The van der Waals surface area contributed by atoms with Crippen molar-refractivity contribution in [3.8, 4) is 0 Å². The van der Waals surface area contributed by atoms with Gasteiger partial charge in [-0.15, -0.1) is 0 Å². The zero-order chi connectivity index (χ0) is 14.3. The Morgan fingerprint density at radius 2 is 1.25 bits per heavy atom. The SMILES string of the molecule is CC1CCC(C2CCC3CC(C)C(F)C(F)C3C2)CC1. The maximum Gasteiger partial charge on any atom is 0.134 e. The van der Waals surface area contributed by atoms with Gasteiger partial charge in [0.1, 0.15) is 12.3 Å². The van der Waals surface area contributed by atoms with Gasteiger partial charge in [-0.25, -0.2) is 8.78 Å². The molecule has 0 amide bonds. The molecule has 3 aliphatic carbocycles. The van der Waals surface area contributed by atoms with Crippen molar-refractivity contribution in [1.82, 2.24) is 0 Å². The minimum atomic E-state index is -1.21. The number of hydrogen-bond acceptors (Lipinski definition) is 0. The molecule has 20 heavy (non-hydrogen) atoms. The predicted molar refractivity (Wildman–Crippen MR) is 79.0 cm³/mol. The summed E-state index contributed by atoms with van der Waals surface area (Å²) in [4.78, 5) is 0. The molecule has 0 aromatic heterocycles. The summed E-state index contributed by atoms with van der Waals surface area (Å²) in [5.74, 6) is 2.78. The number of fused-ring (bicyclic) bond motifs is 1. The maximum absolute atomic E-state index is 14.4. The van der Waals surface area contributed by atoms with Gasteiger partial charge in [-0.2, -0.15) is 0 Å². The molecule has 0 bridgehead atoms. The molecule has 0 aromatic carbocycles. The second kappa shape index (κ2) is 5.93. The van der Waals surface area contributed by atoms with Crippen LogP contribution in [0.2, 0.25) is 0 Å². The van der Waals surface area contributed by atoms with E-state index in [1.165, 1.54) is 32.1 Å². The Hall–Kier alpha value is -0.140. The van der Waals surface area contributed by atoms with Gasteiger partial charge in [-0.05, 0) is 74.0 Å². The molecule has 3 fully saturated rings. The summed E-state index contributed by atoms with van der Waals surface area (Å²) in [5.41, 5.74) is 0. The van der Waals surface area contributed by atoms with E-state index in [0.29, 0.717) is 11.8 Å². The summed E-state index contributed by atoms with van der Waals surface area (Å²) in [6.45, 7) is 4.24. The normalized spacial score (nSPS) is 53.4. The number of hydrogen-bond donors (Lipinski definition) is 0. The summed E-state index contributed by atoms with van der Waals surface area (Å²) in [5, 5.41) is 0. The van der Waals surface area contributed by atoms with Crippen molar-refractivity contribution >= 4 is 0 Å². The highest BCUT2D eigenvalue weighted by molar-refractivity contribution is 4.96. The zero-order valence-electron chi connectivity index (χ0n) is 13.0. The standard InChI is InChI=1S/C18H30F2/c1-11-3-5-13(6-4-11)14-7-8-15-9-12(2)17(19)18(20)16(15)10-14/h11-18H,3-10H2,1-2H3. The molecular formula is C18H30F2. The number of rotatable bonds is 1. The van der Waals surface area contributed by atoms with E-state index >= 15 is 0 Å². The molecule has 3 aliphatic rings. The van der Waals surface area contributed by atoms with Crippen LogP contribution in [-0.4, -0.2) is 12.3 Å². The van der Waals surface area contributed by atoms with E-state index in [1.807, 2.05) is 6.92 Å². The Kier molecular flexibility index (Phi) is 4.38. The van der Waals surface area contributed by atoms with E-state index < -0.39 is 12.3 Å². The molecule has 0 N–H and O–H groups in total. The van der Waals surface area contributed by atoms with Crippen LogP contribution in [0.4, 0.5) is 8.78 Å². The Bertz CT molecular complexity index is 319. The molecule has 0 nitrogen and oxygen atoms in total. The van der Waals surface area contributed by atoms with Gasteiger partial charge in [0.25, 0.3) is 0 Å². The van der Waals surface area contributed by atoms with Gasteiger partial charge in [0.15, 0.2) is 0 Å². The van der Waals surface area contributed by atoms with Gasteiger partial charge in [-0.1, -0.05) is 26.7 Å². The van der Waals surface area contributed by atoms with Crippen molar-refractivity contribution in [1.29, 1.82) is 0 Å². The minimum Gasteiger partial charge on any atom is -0.244 e. The fourth-order valence-corrected chi connectivity index (χ4v) is 5.33. The third kappa shape index (κ3) is 2.76. The zero-order valence-corrected chi connectivity index (χ0v) is 13.0. The van der Waals surface area contributed by atoms with Crippen LogP contribution in [0.1, 0.15) is 65.2 Å². The first kappa shape index (κ1) is 14.8. The van der Waals surface area contributed by atoms with Crippen LogP contribution in [0.5, 0.6) is 0 Å². The molecule has 0 spiro atoms. The Labute approximate surface area is 122 Å². The maximum atomic E-state index is 14.4. The van der Waals surface area contributed by atoms with Crippen molar-refractivity contribution in [2.45, 2.75) is 77.6 Å². The number of alkyl halides is 2. The summed E-state index contributed by atoms with van der Waals surface area (Å²) in [6.07, 6.45) is 7.27. The summed E-state index contributed by atoms with van der Waals surface area (Å²) in [6, 6.07) is 0. The minimum absolute atomic E-state index is 0.0271. The van der Waals surface area contributed by atoms with Crippen molar-refractivity contribution in [3.05, 3.63) is 0 Å². The van der Waals surface area contributed by atoms with Gasteiger partial charge < -0.3 is 0 Å². The van der Waals surface area contributed by atoms with Gasteiger partial charge in [-0.3, -0.25) is 0 Å². The van der Waals surface area contributed by atoms with E-state index in [0.717, 1.165) is 31.1 Å². The van der Waals surface area contributed by atoms with E-state index in [-0.39, 0.29) is 11.8 Å². The number of halogens is 2. The smallest absolute Gasteiger partial charge is 0.134 e. The first-order valence-corrected chi connectivity index (χ1v) is 8.84. The fraction of sp³-hybridized carbons (Fsp3) is 1.00.